The minimum Gasteiger partial charge on any atom is -0.254 e. The van der Waals surface area contributed by atoms with Crippen molar-refractivity contribution in [1.82, 2.24) is 4.98 Å². The van der Waals surface area contributed by atoms with Crippen LogP contribution in [0.5, 0.6) is 0 Å². The van der Waals surface area contributed by atoms with E-state index in [0.29, 0.717) is 16.2 Å². The van der Waals surface area contributed by atoms with E-state index < -0.39 is 0 Å². The van der Waals surface area contributed by atoms with E-state index in [1.54, 1.807) is 31.3 Å². The van der Waals surface area contributed by atoms with Gasteiger partial charge in [0.2, 0.25) is 0 Å². The van der Waals surface area contributed by atoms with Crippen molar-refractivity contribution < 1.29 is 4.39 Å². The van der Waals surface area contributed by atoms with Gasteiger partial charge in [-0.15, -0.1) is 6.58 Å². The lowest BCUT2D eigenvalue weighted by Gasteiger charge is -2.09. The van der Waals surface area contributed by atoms with Gasteiger partial charge in [0.15, 0.2) is 0 Å². The molecule has 3 heteroatoms. The molecule has 1 aromatic heterocycles. The van der Waals surface area contributed by atoms with E-state index in [0.717, 1.165) is 29.2 Å². The summed E-state index contributed by atoms with van der Waals surface area (Å²) >= 11 is 6.08. The van der Waals surface area contributed by atoms with Crippen LogP contribution in [0.1, 0.15) is 98.4 Å². The second-order valence-electron chi connectivity index (χ2n) is 7.08. The lowest BCUT2D eigenvalue weighted by atomic mass is 10.0. The normalized spacial score (nSPS) is 9.70. The van der Waals surface area contributed by atoms with E-state index in [4.69, 9.17) is 11.6 Å². The number of hydrogen-bond acceptors (Lipinski definition) is 1. The maximum atomic E-state index is 14.1. The summed E-state index contributed by atoms with van der Waals surface area (Å²) < 4.78 is 14.1. The molecule has 2 rings (SSSR count). The van der Waals surface area contributed by atoms with E-state index >= 15 is 0 Å². The van der Waals surface area contributed by atoms with Gasteiger partial charge in [0, 0.05) is 17.3 Å². The van der Waals surface area contributed by atoms with Crippen LogP contribution in [0.15, 0.2) is 49.2 Å². The van der Waals surface area contributed by atoms with E-state index in [2.05, 4.69) is 39.3 Å². The standard InChI is InChI=1S/C16H15ClFN.C6H14.C4H8.2C2H6/c1-4-14(17)16-11(3)8-12(9-19-16)13-7-5-6-10(2)15(13)18;1-4-6(3)5-2;1-3-4-2;2*1-2/h4-9H,1-3H3;6H,4-5H2,1-3H3;3H,1,4H2,2H3;2*1-2H3/b14-4+;;;;. The molecule has 0 fully saturated rings. The highest BCUT2D eigenvalue weighted by Gasteiger charge is 2.10. The van der Waals surface area contributed by atoms with Gasteiger partial charge in [-0.05, 0) is 50.3 Å². The molecule has 0 saturated carbocycles. The fourth-order valence-corrected chi connectivity index (χ4v) is 2.47. The summed E-state index contributed by atoms with van der Waals surface area (Å²) in [5.41, 5.74) is 3.63. The summed E-state index contributed by atoms with van der Waals surface area (Å²) in [6.45, 7) is 25.8. The molecule has 1 nitrogen and oxygen atoms in total. The van der Waals surface area contributed by atoms with Crippen molar-refractivity contribution in [2.24, 2.45) is 5.92 Å². The number of aryl methyl sites for hydroxylation is 2. The van der Waals surface area contributed by atoms with Gasteiger partial charge in [0.1, 0.15) is 5.82 Å². The average Bonchev–Trinajstić information content (AvgIpc) is 2.87. The Bertz CT molecular complexity index is 777. The molecule has 0 unspecified atom stereocenters. The van der Waals surface area contributed by atoms with Crippen LogP contribution in [-0.4, -0.2) is 4.98 Å². The number of pyridine rings is 1. The Morgan fingerprint density at radius 2 is 1.58 bits per heavy atom. The Hall–Kier alpha value is -1.93. The lowest BCUT2D eigenvalue weighted by molar-refractivity contribution is 0.544. The molecule has 0 radical (unpaired) electrons. The van der Waals surface area contributed by atoms with Crippen molar-refractivity contribution in [3.8, 4) is 11.1 Å². The second-order valence-corrected chi connectivity index (χ2v) is 7.49. The Balaban J connectivity index is -0.000000535. The van der Waals surface area contributed by atoms with Crippen molar-refractivity contribution in [3.05, 3.63) is 71.8 Å². The molecule has 0 atom stereocenters. The number of rotatable bonds is 5. The number of halogens is 2. The minimum atomic E-state index is -0.200. The van der Waals surface area contributed by atoms with Crippen LogP contribution in [0.4, 0.5) is 4.39 Å². The monoisotopic (exact) mass is 477 g/mol. The first-order chi connectivity index (χ1) is 15.8. The first kappa shape index (κ1) is 35.7. The largest absolute Gasteiger partial charge is 0.254 e. The maximum absolute atomic E-state index is 14.1. The van der Waals surface area contributed by atoms with E-state index in [9.17, 15) is 4.39 Å². The summed E-state index contributed by atoms with van der Waals surface area (Å²) in [7, 11) is 0. The Morgan fingerprint density at radius 3 is 1.94 bits per heavy atom. The molecular formula is C30H49ClFN. The molecule has 0 aliphatic carbocycles. The SMILES string of the molecule is C/C=C(/Cl)c1ncc(-c2cccc(C)c2F)cc1C.C=CCC.CC.CC.CCC(C)CC. The van der Waals surface area contributed by atoms with Crippen molar-refractivity contribution >= 4 is 16.6 Å². The van der Waals surface area contributed by atoms with E-state index in [1.165, 1.54) is 12.8 Å². The fourth-order valence-electron chi connectivity index (χ4n) is 2.27. The van der Waals surface area contributed by atoms with E-state index in [1.807, 2.05) is 59.8 Å². The molecule has 1 heterocycles. The van der Waals surface area contributed by atoms with Gasteiger partial charge in [-0.3, -0.25) is 4.98 Å². The average molecular weight is 478 g/mol. The van der Waals surface area contributed by atoms with Gasteiger partial charge in [0.25, 0.3) is 0 Å². The topological polar surface area (TPSA) is 12.9 Å². The predicted molar refractivity (Wildman–Crippen MR) is 152 cm³/mol. The molecule has 0 saturated heterocycles. The molecule has 1 aromatic carbocycles. The molecule has 188 valence electrons. The minimum absolute atomic E-state index is 0.200. The van der Waals surface area contributed by atoms with Crippen LogP contribution in [0.25, 0.3) is 16.2 Å². The van der Waals surface area contributed by atoms with Crippen LogP contribution in [0.2, 0.25) is 0 Å². The van der Waals surface area contributed by atoms with Crippen LogP contribution >= 0.6 is 11.6 Å². The molecule has 2 aromatic rings. The van der Waals surface area contributed by atoms with Crippen molar-refractivity contribution in [1.29, 1.82) is 0 Å². The summed E-state index contributed by atoms with van der Waals surface area (Å²) in [5.74, 6) is 0.735. The summed E-state index contributed by atoms with van der Waals surface area (Å²) in [5, 5.41) is 0.605. The summed E-state index contributed by atoms with van der Waals surface area (Å²) in [6, 6.07) is 7.27. The quantitative estimate of drug-likeness (QED) is 0.390. The van der Waals surface area contributed by atoms with Gasteiger partial charge in [-0.25, -0.2) is 4.39 Å². The first-order valence-electron chi connectivity index (χ1n) is 12.4. The zero-order valence-electron chi connectivity index (χ0n) is 23.2. The van der Waals surface area contributed by atoms with Gasteiger partial charge in [-0.1, -0.05) is 110 Å². The zero-order valence-corrected chi connectivity index (χ0v) is 23.9. The second kappa shape index (κ2) is 23.2. The van der Waals surface area contributed by atoms with Gasteiger partial charge in [-0.2, -0.15) is 0 Å². The lowest BCUT2D eigenvalue weighted by Crippen LogP contribution is -1.94. The zero-order chi connectivity index (χ0) is 26.4. The van der Waals surface area contributed by atoms with Gasteiger partial charge < -0.3 is 0 Å². The molecule has 0 bridgehead atoms. The Labute approximate surface area is 210 Å². The van der Waals surface area contributed by atoms with Crippen molar-refractivity contribution in [3.63, 3.8) is 0 Å². The maximum Gasteiger partial charge on any atom is 0.133 e. The third-order valence-electron chi connectivity index (χ3n) is 4.74. The number of allylic oxidation sites excluding steroid dienone is 2. The van der Waals surface area contributed by atoms with Crippen molar-refractivity contribution in [2.75, 3.05) is 0 Å². The van der Waals surface area contributed by atoms with Crippen LogP contribution < -0.4 is 0 Å². The predicted octanol–water partition coefficient (Wildman–Crippen LogP) is 11.2. The number of aromatic nitrogens is 1. The van der Waals surface area contributed by atoms with Gasteiger partial charge >= 0.3 is 0 Å². The highest BCUT2D eigenvalue weighted by atomic mass is 35.5. The first-order valence-corrected chi connectivity index (χ1v) is 12.8. The smallest absolute Gasteiger partial charge is 0.133 e. The van der Waals surface area contributed by atoms with Crippen LogP contribution in [-0.2, 0) is 0 Å². The van der Waals surface area contributed by atoms with E-state index in [-0.39, 0.29) is 5.82 Å². The number of hydrogen-bond donors (Lipinski definition) is 0. The van der Waals surface area contributed by atoms with Crippen molar-refractivity contribution in [2.45, 2.75) is 95.4 Å². The van der Waals surface area contributed by atoms with Crippen LogP contribution in [0, 0.1) is 25.6 Å². The Morgan fingerprint density at radius 1 is 1.06 bits per heavy atom. The number of benzene rings is 1. The summed E-state index contributed by atoms with van der Waals surface area (Å²) in [6.07, 6.45) is 9.07. The summed E-state index contributed by atoms with van der Waals surface area (Å²) in [4.78, 5) is 4.33. The molecule has 0 aliphatic rings. The number of nitrogens with zero attached hydrogens (tertiary/aromatic N) is 1. The van der Waals surface area contributed by atoms with Crippen LogP contribution in [0.3, 0.4) is 0 Å². The molecule has 0 amide bonds. The molecule has 33 heavy (non-hydrogen) atoms. The molecular weight excluding hydrogens is 429 g/mol. The third kappa shape index (κ3) is 14.8. The fraction of sp³-hybridized carbons (Fsp3) is 0.500. The highest BCUT2D eigenvalue weighted by molar-refractivity contribution is 6.48. The molecule has 0 N–H and O–H groups in total. The molecule has 0 spiro atoms. The highest BCUT2D eigenvalue weighted by Crippen LogP contribution is 2.28. The van der Waals surface area contributed by atoms with Gasteiger partial charge in [0.05, 0.1) is 10.7 Å². The third-order valence-corrected chi connectivity index (χ3v) is 5.14. The Kier molecular flexibility index (Phi) is 25.1. The molecule has 0 aliphatic heterocycles.